The lowest BCUT2D eigenvalue weighted by molar-refractivity contribution is 0.305. The molecule has 1 aliphatic rings. The van der Waals surface area contributed by atoms with Crippen LogP contribution >= 0.6 is 0 Å². The summed E-state index contributed by atoms with van der Waals surface area (Å²) in [6, 6.07) is 5.86. The number of aromatic amines is 1. The number of aromatic nitrogens is 2. The van der Waals surface area contributed by atoms with Gasteiger partial charge in [0.2, 0.25) is 0 Å². The van der Waals surface area contributed by atoms with Crippen molar-refractivity contribution in [2.75, 3.05) is 14.2 Å². The fraction of sp³-hybridized carbons (Fsp3) is 0.235. The molecule has 4 heteroatoms. The van der Waals surface area contributed by atoms with Crippen LogP contribution in [0, 0.1) is 0 Å². The Morgan fingerprint density at radius 2 is 2.10 bits per heavy atom. The molecule has 21 heavy (non-hydrogen) atoms. The van der Waals surface area contributed by atoms with Gasteiger partial charge in [-0.05, 0) is 42.7 Å². The molecule has 2 aromatic rings. The molecule has 1 heterocycles. The highest BCUT2D eigenvalue weighted by atomic mass is 16.5. The first-order valence-corrected chi connectivity index (χ1v) is 6.95. The zero-order chi connectivity index (χ0) is 14.7. The number of allylic oxidation sites excluding steroid dienone is 5. The molecule has 1 N–H and O–H groups in total. The van der Waals surface area contributed by atoms with E-state index in [2.05, 4.69) is 22.1 Å². The lowest BCUT2D eigenvalue weighted by atomic mass is 10.1. The van der Waals surface area contributed by atoms with Crippen LogP contribution in [0.1, 0.15) is 18.7 Å². The molecule has 0 bridgehead atoms. The van der Waals surface area contributed by atoms with Crippen LogP contribution in [-0.4, -0.2) is 24.2 Å². The second-order valence-electron chi connectivity index (χ2n) is 4.87. The van der Waals surface area contributed by atoms with E-state index in [9.17, 15) is 0 Å². The summed E-state index contributed by atoms with van der Waals surface area (Å²) in [5, 5.41) is 0. The van der Waals surface area contributed by atoms with Gasteiger partial charge in [0.15, 0.2) is 0 Å². The Bertz CT molecular complexity index is 738. The van der Waals surface area contributed by atoms with Crippen LogP contribution in [0.2, 0.25) is 0 Å². The van der Waals surface area contributed by atoms with E-state index in [0.29, 0.717) is 0 Å². The van der Waals surface area contributed by atoms with Crippen molar-refractivity contribution in [3.8, 4) is 5.75 Å². The number of H-pyrrole nitrogens is 1. The maximum atomic E-state index is 5.25. The van der Waals surface area contributed by atoms with Gasteiger partial charge in [-0.2, -0.15) is 0 Å². The minimum Gasteiger partial charge on any atom is -0.497 e. The first-order valence-electron chi connectivity index (χ1n) is 6.95. The molecule has 0 saturated carbocycles. The first-order chi connectivity index (χ1) is 10.3. The summed E-state index contributed by atoms with van der Waals surface area (Å²) in [6.07, 6.45) is 9.99. The Morgan fingerprint density at radius 3 is 2.90 bits per heavy atom. The average molecular weight is 282 g/mol. The van der Waals surface area contributed by atoms with E-state index >= 15 is 0 Å². The van der Waals surface area contributed by atoms with Gasteiger partial charge in [-0.15, -0.1) is 0 Å². The summed E-state index contributed by atoms with van der Waals surface area (Å²) < 4.78 is 10.5. The Balaban J connectivity index is 1.93. The Labute approximate surface area is 123 Å². The minimum atomic E-state index is 0.830. The molecular formula is C17H18N2O2. The van der Waals surface area contributed by atoms with E-state index in [1.54, 1.807) is 14.2 Å². The van der Waals surface area contributed by atoms with E-state index in [-0.39, 0.29) is 0 Å². The highest BCUT2D eigenvalue weighted by Gasteiger charge is 2.09. The van der Waals surface area contributed by atoms with E-state index in [1.807, 2.05) is 30.4 Å². The van der Waals surface area contributed by atoms with E-state index in [1.165, 1.54) is 5.57 Å². The van der Waals surface area contributed by atoms with Gasteiger partial charge < -0.3 is 14.5 Å². The molecular weight excluding hydrogens is 264 g/mol. The molecule has 0 aliphatic heterocycles. The third-order valence-corrected chi connectivity index (χ3v) is 3.55. The maximum absolute atomic E-state index is 5.25. The standard InChI is InChI=1S/C17H18N2O2/c1-20-13-7-3-5-12(6-4-8-13)17-18-15-10-9-14(21-2)11-16(15)19-17/h3,5,7-11H,4,6H2,1-2H3,(H,18,19)/b7-3-,12-5?,13-8?. The van der Waals surface area contributed by atoms with Gasteiger partial charge in [0.05, 0.1) is 25.3 Å². The van der Waals surface area contributed by atoms with Gasteiger partial charge in [-0.3, -0.25) is 0 Å². The molecule has 0 atom stereocenters. The predicted octanol–water partition coefficient (Wildman–Crippen LogP) is 3.84. The SMILES string of the molecule is COC1=CCCC(c2nc3ccc(OC)cc3[nH]2)=C/C=C\1. The lowest BCUT2D eigenvalue weighted by Crippen LogP contribution is -1.91. The number of imidazole rings is 1. The molecule has 0 amide bonds. The van der Waals surface area contributed by atoms with Crippen molar-refractivity contribution in [3.05, 3.63) is 54.1 Å². The van der Waals surface area contributed by atoms with E-state index in [0.717, 1.165) is 41.2 Å². The van der Waals surface area contributed by atoms with Gasteiger partial charge in [0.25, 0.3) is 0 Å². The summed E-state index contributed by atoms with van der Waals surface area (Å²) >= 11 is 0. The van der Waals surface area contributed by atoms with Crippen molar-refractivity contribution in [2.45, 2.75) is 12.8 Å². The largest absolute Gasteiger partial charge is 0.497 e. The topological polar surface area (TPSA) is 47.1 Å². The number of benzene rings is 1. The number of nitrogens with zero attached hydrogens (tertiary/aromatic N) is 1. The number of nitrogens with one attached hydrogen (secondary N) is 1. The molecule has 0 radical (unpaired) electrons. The van der Waals surface area contributed by atoms with Gasteiger partial charge in [-0.1, -0.05) is 12.2 Å². The van der Waals surface area contributed by atoms with Gasteiger partial charge >= 0.3 is 0 Å². The van der Waals surface area contributed by atoms with Crippen LogP contribution in [0.15, 0.2) is 48.3 Å². The predicted molar refractivity (Wildman–Crippen MR) is 84.1 cm³/mol. The molecule has 1 aromatic carbocycles. The molecule has 0 saturated heterocycles. The number of fused-ring (bicyclic) bond motifs is 1. The number of hydrogen-bond acceptors (Lipinski definition) is 3. The van der Waals surface area contributed by atoms with Crippen molar-refractivity contribution in [1.29, 1.82) is 0 Å². The fourth-order valence-electron chi connectivity index (χ4n) is 2.40. The number of methoxy groups -OCH3 is 2. The van der Waals surface area contributed by atoms with E-state index in [4.69, 9.17) is 9.47 Å². The smallest absolute Gasteiger partial charge is 0.134 e. The van der Waals surface area contributed by atoms with Crippen LogP contribution < -0.4 is 4.74 Å². The van der Waals surface area contributed by atoms with E-state index < -0.39 is 0 Å². The molecule has 0 spiro atoms. The zero-order valence-corrected chi connectivity index (χ0v) is 12.2. The molecule has 3 rings (SSSR count). The number of ether oxygens (including phenoxy) is 2. The second-order valence-corrected chi connectivity index (χ2v) is 4.87. The molecule has 1 aromatic heterocycles. The molecule has 1 aliphatic carbocycles. The van der Waals surface area contributed by atoms with Gasteiger partial charge in [0.1, 0.15) is 17.3 Å². The molecule has 4 nitrogen and oxygen atoms in total. The lowest BCUT2D eigenvalue weighted by Gasteiger charge is -2.06. The minimum absolute atomic E-state index is 0.830. The fourth-order valence-corrected chi connectivity index (χ4v) is 2.40. The Morgan fingerprint density at radius 1 is 1.19 bits per heavy atom. The van der Waals surface area contributed by atoms with Crippen LogP contribution in [0.25, 0.3) is 16.6 Å². The summed E-state index contributed by atoms with van der Waals surface area (Å²) in [5.41, 5.74) is 3.13. The van der Waals surface area contributed by atoms with Crippen LogP contribution in [0.5, 0.6) is 5.75 Å². The Kier molecular flexibility index (Phi) is 3.77. The third kappa shape index (κ3) is 2.84. The van der Waals surface area contributed by atoms with Crippen LogP contribution in [0.4, 0.5) is 0 Å². The second kappa shape index (κ2) is 5.87. The summed E-state index contributed by atoms with van der Waals surface area (Å²) in [5.74, 6) is 2.65. The average Bonchev–Trinajstić information content (AvgIpc) is 2.89. The maximum Gasteiger partial charge on any atom is 0.134 e. The van der Waals surface area contributed by atoms with Gasteiger partial charge in [-0.25, -0.2) is 4.98 Å². The monoisotopic (exact) mass is 282 g/mol. The Hall–Kier alpha value is -2.49. The van der Waals surface area contributed by atoms with Gasteiger partial charge in [0, 0.05) is 6.07 Å². The summed E-state index contributed by atoms with van der Waals surface area (Å²) in [7, 11) is 3.36. The number of rotatable bonds is 3. The van der Waals surface area contributed by atoms with Crippen LogP contribution in [0.3, 0.4) is 0 Å². The van der Waals surface area contributed by atoms with Crippen molar-refractivity contribution in [3.63, 3.8) is 0 Å². The number of hydrogen-bond donors (Lipinski definition) is 1. The highest BCUT2D eigenvalue weighted by molar-refractivity contribution is 5.80. The van der Waals surface area contributed by atoms with Crippen molar-refractivity contribution < 1.29 is 9.47 Å². The van der Waals surface area contributed by atoms with Crippen molar-refractivity contribution in [1.82, 2.24) is 9.97 Å². The normalized spacial score (nSPS) is 16.7. The molecule has 0 fully saturated rings. The zero-order valence-electron chi connectivity index (χ0n) is 12.2. The molecule has 108 valence electrons. The van der Waals surface area contributed by atoms with Crippen molar-refractivity contribution in [2.24, 2.45) is 0 Å². The summed E-state index contributed by atoms with van der Waals surface area (Å²) in [4.78, 5) is 8.03. The first kappa shape index (κ1) is 13.5. The quantitative estimate of drug-likeness (QED) is 0.930. The van der Waals surface area contributed by atoms with Crippen molar-refractivity contribution >= 4 is 16.6 Å². The molecule has 0 unspecified atom stereocenters. The third-order valence-electron chi connectivity index (χ3n) is 3.55. The highest BCUT2D eigenvalue weighted by Crippen LogP contribution is 2.25. The summed E-state index contributed by atoms with van der Waals surface area (Å²) in [6.45, 7) is 0. The van der Waals surface area contributed by atoms with Crippen LogP contribution in [-0.2, 0) is 4.74 Å².